The molecule has 24 heavy (non-hydrogen) atoms. The fourth-order valence-corrected chi connectivity index (χ4v) is 3.19. The van der Waals surface area contributed by atoms with E-state index in [4.69, 9.17) is 11.6 Å². The van der Waals surface area contributed by atoms with Gasteiger partial charge in [-0.2, -0.15) is 5.10 Å². The van der Waals surface area contributed by atoms with E-state index in [0.717, 1.165) is 11.4 Å². The molecule has 7 heteroatoms. The van der Waals surface area contributed by atoms with Crippen LogP contribution in [-0.2, 0) is 9.59 Å². The van der Waals surface area contributed by atoms with Crippen molar-refractivity contribution in [2.24, 2.45) is 5.92 Å². The van der Waals surface area contributed by atoms with Crippen molar-refractivity contribution < 1.29 is 9.59 Å². The van der Waals surface area contributed by atoms with Crippen LogP contribution in [0.1, 0.15) is 30.9 Å². The molecular weight excluding hydrogens is 328 g/mol. The fourth-order valence-electron chi connectivity index (χ4n) is 3.01. The molecule has 1 saturated heterocycles. The second kappa shape index (κ2) is 5.94. The first-order valence-electron chi connectivity index (χ1n) is 8.02. The Morgan fingerprint density at radius 2 is 2.17 bits per heavy atom. The van der Waals surface area contributed by atoms with E-state index in [9.17, 15) is 9.59 Å². The molecule has 2 fully saturated rings. The molecule has 4 rings (SSSR count). The molecule has 6 nitrogen and oxygen atoms in total. The number of hydrogen-bond donors (Lipinski definition) is 2. The van der Waals surface area contributed by atoms with Crippen molar-refractivity contribution in [3.8, 4) is 0 Å². The van der Waals surface area contributed by atoms with Gasteiger partial charge in [0.2, 0.25) is 11.8 Å². The predicted molar refractivity (Wildman–Crippen MR) is 91.1 cm³/mol. The van der Waals surface area contributed by atoms with Crippen molar-refractivity contribution in [2.45, 2.75) is 25.2 Å². The maximum atomic E-state index is 12.4. The van der Waals surface area contributed by atoms with E-state index in [0.29, 0.717) is 23.3 Å². The number of nitrogens with zero attached hydrogens (tertiary/aromatic N) is 2. The highest BCUT2D eigenvalue weighted by Gasteiger charge is 2.35. The lowest BCUT2D eigenvalue weighted by Gasteiger charge is -2.16. The van der Waals surface area contributed by atoms with Gasteiger partial charge >= 0.3 is 0 Å². The number of H-pyrrole nitrogens is 1. The zero-order valence-electron chi connectivity index (χ0n) is 13.0. The fraction of sp³-hybridized carbons (Fsp3) is 0.353. The molecular formula is C17H17ClN4O2. The first kappa shape index (κ1) is 15.2. The van der Waals surface area contributed by atoms with E-state index >= 15 is 0 Å². The highest BCUT2D eigenvalue weighted by Crippen LogP contribution is 2.39. The summed E-state index contributed by atoms with van der Waals surface area (Å²) in [7, 11) is 0. The number of carbonyl (C=O) groups excluding carboxylic acids is 2. The number of anilines is 2. The molecule has 124 valence electrons. The topological polar surface area (TPSA) is 78.1 Å². The van der Waals surface area contributed by atoms with Gasteiger partial charge in [-0.05, 0) is 31.0 Å². The second-order valence-electron chi connectivity index (χ2n) is 6.36. The van der Waals surface area contributed by atoms with Gasteiger partial charge in [0.25, 0.3) is 0 Å². The monoisotopic (exact) mass is 344 g/mol. The van der Waals surface area contributed by atoms with E-state index < -0.39 is 5.92 Å². The zero-order valence-corrected chi connectivity index (χ0v) is 13.7. The third kappa shape index (κ3) is 3.01. The zero-order chi connectivity index (χ0) is 16.7. The molecule has 2 aromatic rings. The van der Waals surface area contributed by atoms with Gasteiger partial charge in [0.05, 0.1) is 5.92 Å². The van der Waals surface area contributed by atoms with E-state index in [1.807, 2.05) is 12.1 Å². The number of rotatable bonds is 4. The van der Waals surface area contributed by atoms with Crippen molar-refractivity contribution in [1.82, 2.24) is 10.2 Å². The van der Waals surface area contributed by atoms with Crippen LogP contribution in [0.3, 0.4) is 0 Å². The van der Waals surface area contributed by atoms with Crippen molar-refractivity contribution >= 4 is 34.9 Å². The van der Waals surface area contributed by atoms with Gasteiger partial charge in [0.1, 0.15) is 0 Å². The minimum absolute atomic E-state index is 0.0712. The molecule has 2 heterocycles. The lowest BCUT2D eigenvalue weighted by molar-refractivity contribution is -0.122. The summed E-state index contributed by atoms with van der Waals surface area (Å²) in [6.45, 7) is 0.352. The van der Waals surface area contributed by atoms with Crippen molar-refractivity contribution in [3.63, 3.8) is 0 Å². The molecule has 1 saturated carbocycles. The minimum Gasteiger partial charge on any atom is -0.312 e. The number of benzene rings is 1. The summed E-state index contributed by atoms with van der Waals surface area (Å²) in [6, 6.07) is 8.97. The van der Waals surface area contributed by atoms with Crippen LogP contribution in [-0.4, -0.2) is 28.6 Å². The molecule has 1 atom stereocenters. The Morgan fingerprint density at radius 3 is 2.92 bits per heavy atom. The normalized spacial score (nSPS) is 20.5. The molecule has 2 amide bonds. The van der Waals surface area contributed by atoms with Crippen LogP contribution in [0.4, 0.5) is 11.5 Å². The Balaban J connectivity index is 1.42. The highest BCUT2D eigenvalue weighted by atomic mass is 35.5. The lowest BCUT2D eigenvalue weighted by atomic mass is 10.1. The van der Waals surface area contributed by atoms with Crippen LogP contribution in [0.5, 0.6) is 0 Å². The Morgan fingerprint density at radius 1 is 1.33 bits per heavy atom. The van der Waals surface area contributed by atoms with Gasteiger partial charge in [0.15, 0.2) is 5.82 Å². The van der Waals surface area contributed by atoms with Crippen LogP contribution in [0.25, 0.3) is 0 Å². The summed E-state index contributed by atoms with van der Waals surface area (Å²) in [4.78, 5) is 26.3. The third-order valence-electron chi connectivity index (χ3n) is 4.48. The van der Waals surface area contributed by atoms with Gasteiger partial charge in [-0.3, -0.25) is 14.7 Å². The SMILES string of the molecule is O=C(Nc1cc(C2CC2)[nH]n1)[C@H]1CC(=O)N(c2cccc(Cl)c2)C1. The average molecular weight is 345 g/mol. The quantitative estimate of drug-likeness (QED) is 0.895. The number of nitrogens with one attached hydrogen (secondary N) is 2. The Kier molecular flexibility index (Phi) is 3.76. The third-order valence-corrected chi connectivity index (χ3v) is 4.72. The van der Waals surface area contributed by atoms with Gasteiger partial charge < -0.3 is 10.2 Å². The van der Waals surface area contributed by atoms with Crippen molar-refractivity contribution in [1.29, 1.82) is 0 Å². The van der Waals surface area contributed by atoms with Crippen molar-refractivity contribution in [3.05, 3.63) is 41.0 Å². The van der Waals surface area contributed by atoms with Gasteiger partial charge in [-0.15, -0.1) is 0 Å². The average Bonchev–Trinajstić information content (AvgIpc) is 3.18. The number of halogens is 1. The number of amides is 2. The largest absolute Gasteiger partial charge is 0.312 e. The number of aromatic nitrogens is 2. The summed E-state index contributed by atoms with van der Waals surface area (Å²) in [5, 5.41) is 10.5. The Labute approximate surface area is 144 Å². The molecule has 2 N–H and O–H groups in total. The molecule has 1 aliphatic carbocycles. The maximum absolute atomic E-state index is 12.4. The molecule has 0 unspecified atom stereocenters. The number of carbonyl (C=O) groups is 2. The summed E-state index contributed by atoms with van der Waals surface area (Å²) >= 11 is 5.98. The summed E-state index contributed by atoms with van der Waals surface area (Å²) < 4.78 is 0. The smallest absolute Gasteiger partial charge is 0.231 e. The number of aromatic amines is 1. The second-order valence-corrected chi connectivity index (χ2v) is 6.79. The van der Waals surface area contributed by atoms with Gasteiger partial charge in [-0.25, -0.2) is 0 Å². The molecule has 0 bridgehead atoms. The van der Waals surface area contributed by atoms with Crippen LogP contribution in [0.2, 0.25) is 5.02 Å². The Hall–Kier alpha value is -2.34. The Bertz CT molecular complexity index is 799. The lowest BCUT2D eigenvalue weighted by Crippen LogP contribution is -2.28. The van der Waals surface area contributed by atoms with Crippen LogP contribution >= 0.6 is 11.6 Å². The first-order valence-corrected chi connectivity index (χ1v) is 8.40. The molecule has 0 radical (unpaired) electrons. The minimum atomic E-state index is -0.391. The molecule has 1 aromatic heterocycles. The van der Waals surface area contributed by atoms with Crippen LogP contribution in [0, 0.1) is 5.92 Å². The van der Waals surface area contributed by atoms with Crippen LogP contribution in [0.15, 0.2) is 30.3 Å². The molecule has 1 aromatic carbocycles. The van der Waals surface area contributed by atoms with Gasteiger partial charge in [-0.1, -0.05) is 17.7 Å². The summed E-state index contributed by atoms with van der Waals surface area (Å²) in [5.41, 5.74) is 1.78. The van der Waals surface area contributed by atoms with E-state index in [1.165, 1.54) is 12.8 Å². The maximum Gasteiger partial charge on any atom is 0.231 e. The molecule has 2 aliphatic rings. The van der Waals surface area contributed by atoms with E-state index in [-0.39, 0.29) is 18.2 Å². The molecule has 0 spiro atoms. The summed E-state index contributed by atoms with van der Waals surface area (Å²) in [6.07, 6.45) is 2.53. The van der Waals surface area contributed by atoms with E-state index in [2.05, 4.69) is 15.5 Å². The number of hydrogen-bond acceptors (Lipinski definition) is 3. The molecule has 1 aliphatic heterocycles. The summed E-state index contributed by atoms with van der Waals surface area (Å²) in [5.74, 6) is 0.433. The predicted octanol–water partition coefficient (Wildman–Crippen LogP) is 2.93. The first-order chi connectivity index (χ1) is 11.6. The van der Waals surface area contributed by atoms with Gasteiger partial charge in [0, 0.05) is 41.4 Å². The standard InChI is InChI=1S/C17H17ClN4O2/c18-12-2-1-3-13(7-12)22-9-11(6-16(22)23)17(24)19-15-8-14(20-21-15)10-4-5-10/h1-3,7-8,10-11H,4-6,9H2,(H2,19,20,21,24)/t11-/m0/s1. The van der Waals surface area contributed by atoms with Crippen molar-refractivity contribution in [2.75, 3.05) is 16.8 Å². The van der Waals surface area contributed by atoms with Crippen LogP contribution < -0.4 is 10.2 Å². The van der Waals surface area contributed by atoms with E-state index in [1.54, 1.807) is 23.1 Å². The highest BCUT2D eigenvalue weighted by molar-refractivity contribution is 6.31.